The highest BCUT2D eigenvalue weighted by Gasteiger charge is 2.28. The Morgan fingerprint density at radius 3 is 2.38 bits per heavy atom. The quantitative estimate of drug-likeness (QED) is 0.342. The third kappa shape index (κ3) is 7.18. The lowest BCUT2D eigenvalue weighted by Gasteiger charge is -2.31. The zero-order valence-corrected chi connectivity index (χ0v) is 24.2. The van der Waals surface area contributed by atoms with E-state index in [0.717, 1.165) is 36.1 Å². The second kappa shape index (κ2) is 11.2. The van der Waals surface area contributed by atoms with E-state index in [1.54, 1.807) is 41.5 Å². The molecular formula is C28H34ClF2N5O4. The van der Waals surface area contributed by atoms with Crippen molar-refractivity contribution < 1.29 is 27.8 Å². The van der Waals surface area contributed by atoms with Gasteiger partial charge in [-0.05, 0) is 79.4 Å². The predicted molar refractivity (Wildman–Crippen MR) is 149 cm³/mol. The number of anilines is 1. The van der Waals surface area contributed by atoms with E-state index in [-0.39, 0.29) is 45.2 Å². The Bertz CT molecular complexity index is 1430. The van der Waals surface area contributed by atoms with Crippen molar-refractivity contribution in [2.75, 3.05) is 5.32 Å². The lowest BCUT2D eigenvalue weighted by molar-refractivity contribution is 0.0489. The van der Waals surface area contributed by atoms with Gasteiger partial charge < -0.3 is 20.1 Å². The zero-order valence-electron chi connectivity index (χ0n) is 23.4. The van der Waals surface area contributed by atoms with Crippen LogP contribution in [0.2, 0.25) is 5.02 Å². The number of hydrogen-bond donors (Lipinski definition) is 2. The molecule has 216 valence electrons. The molecule has 0 bridgehead atoms. The van der Waals surface area contributed by atoms with Crippen LogP contribution in [0.1, 0.15) is 67.2 Å². The molecule has 2 unspecified atom stereocenters. The van der Waals surface area contributed by atoms with Crippen LogP contribution in [0, 0.1) is 11.6 Å². The van der Waals surface area contributed by atoms with Crippen LogP contribution in [0.3, 0.4) is 0 Å². The molecule has 2 N–H and O–H groups in total. The summed E-state index contributed by atoms with van der Waals surface area (Å²) in [4.78, 5) is 33.6. The number of fused-ring (bicyclic) bond motifs is 1. The van der Waals surface area contributed by atoms with E-state index in [4.69, 9.17) is 21.1 Å². The first-order valence-corrected chi connectivity index (χ1v) is 13.5. The Morgan fingerprint density at radius 1 is 1.02 bits per heavy atom. The van der Waals surface area contributed by atoms with Crippen LogP contribution in [-0.4, -0.2) is 50.0 Å². The second-order valence-corrected chi connectivity index (χ2v) is 12.4. The number of aromatic nitrogens is 3. The number of nitrogens with one attached hydrogen (secondary N) is 2. The van der Waals surface area contributed by atoms with Crippen LogP contribution in [-0.2, 0) is 9.47 Å². The van der Waals surface area contributed by atoms with Crippen molar-refractivity contribution >= 4 is 40.5 Å². The normalized spacial score (nSPS) is 17.9. The van der Waals surface area contributed by atoms with E-state index in [1.807, 2.05) is 0 Å². The molecule has 1 amide bonds. The fraction of sp³-hybridized carbons (Fsp3) is 0.500. The summed E-state index contributed by atoms with van der Waals surface area (Å²) in [5.74, 6) is -1.39. The highest BCUT2D eigenvalue weighted by atomic mass is 35.5. The summed E-state index contributed by atoms with van der Waals surface area (Å²) in [6.45, 7) is 10.5. The van der Waals surface area contributed by atoms with Crippen molar-refractivity contribution in [3.63, 3.8) is 0 Å². The van der Waals surface area contributed by atoms with Gasteiger partial charge in [0.1, 0.15) is 17.0 Å². The summed E-state index contributed by atoms with van der Waals surface area (Å²) in [6.07, 6.45) is 3.93. The van der Waals surface area contributed by atoms with Gasteiger partial charge in [0, 0.05) is 34.3 Å². The van der Waals surface area contributed by atoms with E-state index < -0.39 is 35.0 Å². The smallest absolute Gasteiger partial charge is 0.419 e. The molecule has 0 aliphatic heterocycles. The van der Waals surface area contributed by atoms with E-state index in [1.165, 1.54) is 12.3 Å². The molecule has 1 aromatic carbocycles. The van der Waals surface area contributed by atoms with Gasteiger partial charge in [-0.25, -0.2) is 32.9 Å². The molecule has 2 atom stereocenters. The molecule has 0 spiro atoms. The van der Waals surface area contributed by atoms with Gasteiger partial charge >= 0.3 is 12.2 Å². The zero-order chi connectivity index (χ0) is 29.4. The molecule has 1 aliphatic carbocycles. The number of nitrogens with zero attached hydrogens (tertiary/aromatic N) is 3. The Kier molecular flexibility index (Phi) is 8.26. The summed E-state index contributed by atoms with van der Waals surface area (Å²) in [5, 5.41) is 6.39. The summed E-state index contributed by atoms with van der Waals surface area (Å²) in [6, 6.07) is 2.25. The standard InChI is InChI=1S/C28H34ClF2N5O4/c1-27(2,3)39-25(37)34-17-9-7-8-16(12-17)33-24-21(31)13-32-23(35-24)19-14-36(26(38)40-28(4,5)6)22-18(19)10-15(29)11-20(22)30/h10-11,13-14,16-17H,7-9,12H2,1-6H3,(H,34,37)(H,32,33,35). The fourth-order valence-corrected chi connectivity index (χ4v) is 4.84. The molecule has 3 aromatic rings. The van der Waals surface area contributed by atoms with Gasteiger partial charge in [0.25, 0.3) is 0 Å². The number of amides is 1. The van der Waals surface area contributed by atoms with Crippen LogP contribution >= 0.6 is 11.6 Å². The SMILES string of the molecule is CC(C)(C)OC(=O)NC1CCCC(Nc2nc(-c3cn(C(=O)OC(C)(C)C)c4c(F)cc(Cl)cc34)ncc2F)C1. The lowest BCUT2D eigenvalue weighted by atomic mass is 9.91. The molecule has 9 nitrogen and oxygen atoms in total. The van der Waals surface area contributed by atoms with Crippen molar-refractivity contribution in [3.8, 4) is 11.4 Å². The summed E-state index contributed by atoms with van der Waals surface area (Å²) < 4.78 is 41.7. The van der Waals surface area contributed by atoms with Crippen LogP contribution in [0.5, 0.6) is 0 Å². The van der Waals surface area contributed by atoms with Crippen molar-refractivity contribution in [1.82, 2.24) is 19.9 Å². The van der Waals surface area contributed by atoms with E-state index in [9.17, 15) is 14.0 Å². The van der Waals surface area contributed by atoms with Gasteiger partial charge in [0.2, 0.25) is 0 Å². The monoisotopic (exact) mass is 577 g/mol. The van der Waals surface area contributed by atoms with Gasteiger partial charge in [-0.2, -0.15) is 0 Å². The number of halogens is 3. The Hall–Kier alpha value is -3.47. The van der Waals surface area contributed by atoms with Crippen LogP contribution in [0.25, 0.3) is 22.3 Å². The maximum atomic E-state index is 15.0. The van der Waals surface area contributed by atoms with Crippen LogP contribution < -0.4 is 10.6 Å². The predicted octanol–water partition coefficient (Wildman–Crippen LogP) is 7.06. The second-order valence-electron chi connectivity index (χ2n) is 11.9. The average molecular weight is 578 g/mol. The van der Waals surface area contributed by atoms with E-state index in [2.05, 4.69) is 20.6 Å². The molecular weight excluding hydrogens is 544 g/mol. The van der Waals surface area contributed by atoms with Gasteiger partial charge in [-0.15, -0.1) is 0 Å². The summed E-state index contributed by atoms with van der Waals surface area (Å²) >= 11 is 6.13. The number of hydrogen-bond acceptors (Lipinski definition) is 7. The summed E-state index contributed by atoms with van der Waals surface area (Å²) in [5.41, 5.74) is -1.22. The van der Waals surface area contributed by atoms with Crippen molar-refractivity contribution in [2.24, 2.45) is 0 Å². The van der Waals surface area contributed by atoms with Crippen molar-refractivity contribution in [2.45, 2.75) is 90.5 Å². The average Bonchev–Trinajstić information content (AvgIpc) is 3.18. The lowest BCUT2D eigenvalue weighted by Crippen LogP contribution is -2.44. The number of alkyl carbamates (subject to hydrolysis) is 1. The van der Waals surface area contributed by atoms with Crippen LogP contribution in [0.15, 0.2) is 24.5 Å². The topological polar surface area (TPSA) is 107 Å². The van der Waals surface area contributed by atoms with Crippen LogP contribution in [0.4, 0.5) is 24.2 Å². The number of ether oxygens (including phenoxy) is 2. The molecule has 2 heterocycles. The fourth-order valence-electron chi connectivity index (χ4n) is 4.63. The minimum Gasteiger partial charge on any atom is -0.444 e. The molecule has 40 heavy (non-hydrogen) atoms. The van der Waals surface area contributed by atoms with Crippen molar-refractivity contribution in [1.29, 1.82) is 0 Å². The van der Waals surface area contributed by atoms with Crippen molar-refractivity contribution in [3.05, 3.63) is 41.2 Å². The minimum absolute atomic E-state index is 0.0476. The minimum atomic E-state index is -0.823. The van der Waals surface area contributed by atoms with Gasteiger partial charge in [0.05, 0.1) is 11.7 Å². The molecule has 0 saturated heterocycles. The number of carbonyl (C=O) groups is 2. The molecule has 2 aromatic heterocycles. The van der Waals surface area contributed by atoms with Gasteiger partial charge in [-0.3, -0.25) is 0 Å². The maximum absolute atomic E-state index is 15.0. The first-order chi connectivity index (χ1) is 18.6. The Morgan fingerprint density at radius 2 is 1.70 bits per heavy atom. The Labute approximate surface area is 236 Å². The molecule has 1 aliphatic rings. The third-order valence-electron chi connectivity index (χ3n) is 6.13. The van der Waals surface area contributed by atoms with Gasteiger partial charge in [0.15, 0.2) is 17.5 Å². The van der Waals surface area contributed by atoms with E-state index in [0.29, 0.717) is 6.42 Å². The van der Waals surface area contributed by atoms with E-state index >= 15 is 4.39 Å². The summed E-state index contributed by atoms with van der Waals surface area (Å²) in [7, 11) is 0. The molecule has 0 radical (unpaired) electrons. The number of benzene rings is 1. The molecule has 1 fully saturated rings. The Balaban J connectivity index is 1.62. The maximum Gasteiger partial charge on any atom is 0.419 e. The first-order valence-electron chi connectivity index (χ1n) is 13.1. The first kappa shape index (κ1) is 29.5. The molecule has 1 saturated carbocycles. The molecule has 12 heteroatoms. The third-order valence-corrected chi connectivity index (χ3v) is 6.35. The van der Waals surface area contributed by atoms with Gasteiger partial charge in [-0.1, -0.05) is 11.6 Å². The molecule has 4 rings (SSSR count). The largest absolute Gasteiger partial charge is 0.444 e. The number of rotatable bonds is 4. The highest BCUT2D eigenvalue weighted by Crippen LogP contribution is 2.34. The highest BCUT2D eigenvalue weighted by molar-refractivity contribution is 6.31. The number of carbonyl (C=O) groups excluding carboxylic acids is 2.